The van der Waals surface area contributed by atoms with E-state index in [4.69, 9.17) is 10.1 Å². The summed E-state index contributed by atoms with van der Waals surface area (Å²) < 4.78 is 2.12. The number of hydrogen-bond donors (Lipinski definition) is 2. The summed E-state index contributed by atoms with van der Waals surface area (Å²) in [5, 5.41) is 12.3. The molecule has 1 aliphatic carbocycles. The molecule has 0 bridgehead atoms. The Hall–Kier alpha value is -6.02. The molecule has 2 fully saturated rings. The molecular formula is C46H44N6O2. The van der Waals surface area contributed by atoms with Gasteiger partial charge in [-0.3, -0.25) is 9.59 Å². The van der Waals surface area contributed by atoms with Crippen LogP contribution in [0.3, 0.4) is 0 Å². The number of aromatic nitrogens is 3. The van der Waals surface area contributed by atoms with Crippen LogP contribution in [0.4, 0.5) is 5.69 Å². The minimum absolute atomic E-state index is 0.0350. The van der Waals surface area contributed by atoms with E-state index in [1.165, 1.54) is 0 Å². The van der Waals surface area contributed by atoms with E-state index in [0.717, 1.165) is 65.9 Å². The molecule has 1 saturated heterocycles. The smallest absolute Gasteiger partial charge is 0.251 e. The summed E-state index contributed by atoms with van der Waals surface area (Å²) in [6, 6.07) is 48.8. The number of para-hydroxylation sites is 1. The standard InChI is InChI=1S/C46H44N6O2/c53-44(32-17-5-1-6-18-32)50-40-28-16-14-26-37(40)45(54)51-30-29-38-41(49-39-27-15-13-25-36(39)42(38)51)43-47-31-48-52(43)46(33-19-7-2-8-20-33,34-21-9-3-10-22-34)35-23-11-4-12-24-35/h1-13,15,17-25,27,31,37-38,40-42,49H,14,16,26,28-30H2,(H,50,53)/t37-,38?,40+,41?,42?/m0/s1. The fourth-order valence-corrected chi connectivity index (χ4v) is 9.51. The van der Waals surface area contributed by atoms with Crippen LogP contribution in [0.25, 0.3) is 0 Å². The summed E-state index contributed by atoms with van der Waals surface area (Å²) in [6.45, 7) is 0.631. The van der Waals surface area contributed by atoms with Crippen LogP contribution >= 0.6 is 0 Å². The van der Waals surface area contributed by atoms with Gasteiger partial charge < -0.3 is 15.5 Å². The van der Waals surface area contributed by atoms with Crippen molar-refractivity contribution in [3.8, 4) is 0 Å². The first-order valence-corrected chi connectivity index (χ1v) is 19.2. The van der Waals surface area contributed by atoms with Crippen molar-refractivity contribution < 1.29 is 9.59 Å². The molecule has 270 valence electrons. The number of rotatable bonds is 8. The summed E-state index contributed by atoms with van der Waals surface area (Å²) in [7, 11) is 0. The summed E-state index contributed by atoms with van der Waals surface area (Å²) in [4.78, 5) is 35.4. The Morgan fingerprint density at radius 1 is 0.685 bits per heavy atom. The van der Waals surface area contributed by atoms with Gasteiger partial charge in [-0.2, -0.15) is 5.10 Å². The second kappa shape index (κ2) is 14.4. The van der Waals surface area contributed by atoms with Crippen molar-refractivity contribution in [2.24, 2.45) is 11.8 Å². The molecule has 8 nitrogen and oxygen atoms in total. The van der Waals surface area contributed by atoms with Gasteiger partial charge in [0, 0.05) is 29.8 Å². The van der Waals surface area contributed by atoms with Gasteiger partial charge >= 0.3 is 0 Å². The van der Waals surface area contributed by atoms with E-state index in [0.29, 0.717) is 12.1 Å². The molecule has 1 saturated carbocycles. The Morgan fingerprint density at radius 2 is 1.26 bits per heavy atom. The average molecular weight is 713 g/mol. The van der Waals surface area contributed by atoms with Crippen molar-refractivity contribution >= 4 is 17.5 Å². The van der Waals surface area contributed by atoms with Gasteiger partial charge in [0.25, 0.3) is 5.91 Å². The maximum Gasteiger partial charge on any atom is 0.251 e. The number of nitrogens with one attached hydrogen (secondary N) is 2. The Morgan fingerprint density at radius 3 is 1.91 bits per heavy atom. The summed E-state index contributed by atoms with van der Waals surface area (Å²) >= 11 is 0. The van der Waals surface area contributed by atoms with Gasteiger partial charge in [0.15, 0.2) is 5.82 Å². The predicted octanol–water partition coefficient (Wildman–Crippen LogP) is 8.16. The molecule has 0 spiro atoms. The Balaban J connectivity index is 1.12. The molecule has 3 unspecified atom stereocenters. The number of anilines is 1. The first-order valence-electron chi connectivity index (χ1n) is 19.2. The van der Waals surface area contributed by atoms with Crippen molar-refractivity contribution in [1.29, 1.82) is 0 Å². The normalized spacial score (nSPS) is 22.1. The van der Waals surface area contributed by atoms with Crippen molar-refractivity contribution in [2.45, 2.75) is 55.8 Å². The van der Waals surface area contributed by atoms with Crippen molar-refractivity contribution in [1.82, 2.24) is 25.0 Å². The van der Waals surface area contributed by atoms with Gasteiger partial charge in [0.05, 0.1) is 18.0 Å². The Kier molecular flexibility index (Phi) is 9.03. The Labute approximate surface area is 316 Å². The highest BCUT2D eigenvalue weighted by Crippen LogP contribution is 2.53. The van der Waals surface area contributed by atoms with Gasteiger partial charge in [0.2, 0.25) is 5.91 Å². The average Bonchev–Trinajstić information content (AvgIpc) is 3.92. The van der Waals surface area contributed by atoms with E-state index >= 15 is 0 Å². The molecule has 8 heteroatoms. The third-order valence-electron chi connectivity index (χ3n) is 11.9. The molecule has 2 aliphatic heterocycles. The Bertz CT molecular complexity index is 2130. The zero-order valence-corrected chi connectivity index (χ0v) is 30.2. The molecule has 1 aromatic heterocycles. The minimum Gasteiger partial charge on any atom is -0.374 e. The minimum atomic E-state index is -0.829. The second-order valence-electron chi connectivity index (χ2n) is 14.8. The zero-order valence-electron chi connectivity index (χ0n) is 30.2. The molecular weight excluding hydrogens is 669 g/mol. The lowest BCUT2D eigenvalue weighted by molar-refractivity contribution is -0.138. The van der Waals surface area contributed by atoms with E-state index in [9.17, 15) is 9.59 Å². The number of fused-ring (bicyclic) bond motifs is 3. The largest absolute Gasteiger partial charge is 0.374 e. The maximum absolute atomic E-state index is 14.9. The lowest BCUT2D eigenvalue weighted by atomic mass is 9.76. The lowest BCUT2D eigenvalue weighted by Gasteiger charge is -2.43. The summed E-state index contributed by atoms with van der Waals surface area (Å²) in [5.41, 5.74) is 5.14. The van der Waals surface area contributed by atoms with Crippen LogP contribution in [0.5, 0.6) is 0 Å². The predicted molar refractivity (Wildman–Crippen MR) is 210 cm³/mol. The molecule has 3 aliphatic rings. The number of likely N-dealkylation sites (tertiary alicyclic amines) is 1. The van der Waals surface area contributed by atoms with Gasteiger partial charge in [-0.25, -0.2) is 9.67 Å². The van der Waals surface area contributed by atoms with E-state index in [2.05, 4.69) is 111 Å². The number of hydrogen-bond acceptors (Lipinski definition) is 5. The molecule has 9 rings (SSSR count). The first kappa shape index (κ1) is 33.8. The number of benzene rings is 5. The number of carbonyl (C=O) groups is 2. The van der Waals surface area contributed by atoms with Crippen LogP contribution in [0.15, 0.2) is 152 Å². The van der Waals surface area contributed by atoms with Crippen LogP contribution in [0.1, 0.15) is 82.6 Å². The van der Waals surface area contributed by atoms with E-state index in [1.807, 2.05) is 54.6 Å². The molecule has 6 aromatic rings. The fraction of sp³-hybridized carbons (Fsp3) is 0.261. The van der Waals surface area contributed by atoms with Crippen molar-refractivity contribution in [3.63, 3.8) is 0 Å². The topological polar surface area (TPSA) is 92.2 Å². The number of nitrogens with zero attached hydrogens (tertiary/aromatic N) is 4. The monoisotopic (exact) mass is 712 g/mol. The van der Waals surface area contributed by atoms with Gasteiger partial charge in [-0.1, -0.05) is 140 Å². The molecule has 54 heavy (non-hydrogen) atoms. The highest BCUT2D eigenvalue weighted by atomic mass is 16.2. The lowest BCUT2D eigenvalue weighted by Crippen LogP contribution is -2.50. The van der Waals surface area contributed by atoms with E-state index < -0.39 is 5.54 Å². The van der Waals surface area contributed by atoms with Crippen molar-refractivity contribution in [2.75, 3.05) is 11.9 Å². The number of carbonyl (C=O) groups excluding carboxylic acids is 2. The van der Waals surface area contributed by atoms with Crippen LogP contribution in [0.2, 0.25) is 0 Å². The summed E-state index contributed by atoms with van der Waals surface area (Å²) in [5.74, 6) is 0.578. The molecule has 5 atom stereocenters. The van der Waals surface area contributed by atoms with Crippen LogP contribution in [-0.4, -0.2) is 44.1 Å². The molecule has 0 radical (unpaired) electrons. The maximum atomic E-state index is 14.9. The second-order valence-corrected chi connectivity index (χ2v) is 14.8. The van der Waals surface area contributed by atoms with Gasteiger partial charge in [-0.05, 0) is 59.7 Å². The molecule has 5 aromatic carbocycles. The third kappa shape index (κ3) is 5.77. The first-order chi connectivity index (χ1) is 26.6. The van der Waals surface area contributed by atoms with E-state index in [1.54, 1.807) is 6.33 Å². The fourth-order valence-electron chi connectivity index (χ4n) is 9.51. The zero-order chi connectivity index (χ0) is 36.5. The highest BCUT2D eigenvalue weighted by Gasteiger charge is 2.51. The van der Waals surface area contributed by atoms with Crippen LogP contribution in [-0.2, 0) is 10.3 Å². The van der Waals surface area contributed by atoms with Crippen LogP contribution < -0.4 is 10.6 Å². The molecule has 3 heterocycles. The highest BCUT2D eigenvalue weighted by molar-refractivity contribution is 5.95. The quantitative estimate of drug-likeness (QED) is 0.156. The molecule has 2 amide bonds. The van der Waals surface area contributed by atoms with Crippen molar-refractivity contribution in [3.05, 3.63) is 186 Å². The number of amides is 2. The SMILES string of the molecule is O=C(N[C@@H]1CCCC[C@@H]1C(=O)N1CCC2C(c3ncnn3C(c3ccccc3)(c3ccccc3)c3ccccc3)Nc3ccccc3C21)c1ccccc1. The van der Waals surface area contributed by atoms with E-state index in [-0.39, 0.29) is 41.8 Å². The molecule has 2 N–H and O–H groups in total. The van der Waals surface area contributed by atoms with Gasteiger partial charge in [-0.15, -0.1) is 0 Å². The van der Waals surface area contributed by atoms with Crippen LogP contribution in [0, 0.1) is 11.8 Å². The third-order valence-corrected chi connectivity index (χ3v) is 11.9. The summed E-state index contributed by atoms with van der Waals surface area (Å²) in [6.07, 6.45) is 6.00. The van der Waals surface area contributed by atoms with Gasteiger partial charge in [0.1, 0.15) is 11.9 Å².